The number of benzene rings is 5. The fourth-order valence-corrected chi connectivity index (χ4v) is 5.52. The number of para-hydroxylation sites is 2. The molecule has 150 valence electrons. The first-order chi connectivity index (χ1) is 16.3. The quantitative estimate of drug-likeness (QED) is 0.281. The van der Waals surface area contributed by atoms with Crippen molar-refractivity contribution in [3.8, 4) is 40.1 Å². The molecule has 5 aromatic carbocycles. The van der Waals surface area contributed by atoms with Crippen molar-refractivity contribution in [3.05, 3.63) is 102 Å². The molecule has 0 N–H and O–H groups in total. The third-order valence-electron chi connectivity index (χ3n) is 6.80. The molecule has 0 aliphatic heterocycles. The summed E-state index contributed by atoms with van der Waals surface area (Å²) in [7, 11) is 0. The van der Waals surface area contributed by atoms with Crippen molar-refractivity contribution >= 4 is 32.6 Å². The predicted molar refractivity (Wildman–Crippen MR) is 132 cm³/mol. The Labute approximate surface area is 190 Å². The lowest BCUT2D eigenvalue weighted by atomic mass is 9.99. The highest BCUT2D eigenvalue weighted by Crippen LogP contribution is 2.51. The minimum atomic E-state index is 0.489. The zero-order valence-electron chi connectivity index (χ0n) is 17.5. The second-order valence-corrected chi connectivity index (χ2v) is 8.37. The summed E-state index contributed by atoms with van der Waals surface area (Å²) < 4.78 is 2.12. The number of nitrogens with zero attached hydrogens (tertiary/aromatic N) is 3. The minimum Gasteiger partial charge on any atom is -0.306 e. The smallest absolute Gasteiger partial charge is 0.101 e. The van der Waals surface area contributed by atoms with Crippen molar-refractivity contribution in [1.82, 2.24) is 4.57 Å². The van der Waals surface area contributed by atoms with Gasteiger partial charge in [-0.05, 0) is 51.9 Å². The molecule has 0 bridgehead atoms. The number of hydrogen-bond donors (Lipinski definition) is 0. The molecule has 33 heavy (non-hydrogen) atoms. The normalized spacial score (nSPS) is 11.6. The molecule has 6 aromatic rings. The van der Waals surface area contributed by atoms with Gasteiger partial charge in [0.2, 0.25) is 0 Å². The number of hydrogen-bond acceptors (Lipinski definition) is 2. The predicted octanol–water partition coefficient (Wildman–Crippen LogP) is 7.33. The molecule has 1 heterocycles. The maximum Gasteiger partial charge on any atom is 0.101 e. The van der Waals surface area contributed by atoms with Gasteiger partial charge in [-0.3, -0.25) is 0 Å². The molecule has 1 aromatic heterocycles. The van der Waals surface area contributed by atoms with Crippen molar-refractivity contribution in [1.29, 1.82) is 10.5 Å². The summed E-state index contributed by atoms with van der Waals surface area (Å²) in [6.07, 6.45) is 0. The molecule has 0 atom stereocenters. The van der Waals surface area contributed by atoms with Crippen molar-refractivity contribution in [3.63, 3.8) is 0 Å². The van der Waals surface area contributed by atoms with E-state index in [4.69, 9.17) is 0 Å². The Hall–Kier alpha value is -4.86. The molecule has 0 spiro atoms. The summed E-state index contributed by atoms with van der Waals surface area (Å²) in [5.41, 5.74) is 8.60. The van der Waals surface area contributed by atoms with Crippen LogP contribution in [0.3, 0.4) is 0 Å². The largest absolute Gasteiger partial charge is 0.306 e. The Morgan fingerprint density at radius 1 is 0.545 bits per heavy atom. The highest BCUT2D eigenvalue weighted by molar-refractivity contribution is 6.27. The monoisotopic (exact) mass is 417 g/mol. The summed E-state index contributed by atoms with van der Waals surface area (Å²) in [6, 6.07) is 35.5. The fraction of sp³-hybridized carbons (Fsp3) is 0. The SMILES string of the molecule is N#Cc1cccc(C#N)c1-n1c2ccccc2c2cc3c4c(cccc4c21)-c1ccccc1-3. The molecule has 0 radical (unpaired) electrons. The molecular formula is C30H15N3. The topological polar surface area (TPSA) is 52.5 Å². The molecule has 1 aliphatic rings. The summed E-state index contributed by atoms with van der Waals surface area (Å²) in [5.74, 6) is 0. The van der Waals surface area contributed by atoms with E-state index in [2.05, 4.69) is 77.4 Å². The van der Waals surface area contributed by atoms with E-state index >= 15 is 0 Å². The average Bonchev–Trinajstić information content (AvgIpc) is 3.38. The zero-order chi connectivity index (χ0) is 22.1. The maximum atomic E-state index is 9.94. The molecule has 3 nitrogen and oxygen atoms in total. The van der Waals surface area contributed by atoms with Crippen molar-refractivity contribution in [2.24, 2.45) is 0 Å². The van der Waals surface area contributed by atoms with Gasteiger partial charge in [-0.2, -0.15) is 10.5 Å². The first-order valence-corrected chi connectivity index (χ1v) is 10.8. The highest BCUT2D eigenvalue weighted by Gasteiger charge is 2.26. The number of rotatable bonds is 1. The molecule has 3 heteroatoms. The number of fused-ring (bicyclic) bond motifs is 7. The Bertz CT molecular complexity index is 1860. The van der Waals surface area contributed by atoms with Crippen LogP contribution in [-0.4, -0.2) is 4.57 Å². The first-order valence-electron chi connectivity index (χ1n) is 10.8. The Balaban J connectivity index is 1.78. The summed E-state index contributed by atoms with van der Waals surface area (Å²) >= 11 is 0. The Kier molecular flexibility index (Phi) is 3.41. The van der Waals surface area contributed by atoms with Crippen molar-refractivity contribution in [2.75, 3.05) is 0 Å². The van der Waals surface area contributed by atoms with Gasteiger partial charge >= 0.3 is 0 Å². The zero-order valence-corrected chi connectivity index (χ0v) is 17.5. The van der Waals surface area contributed by atoms with Gasteiger partial charge in [0, 0.05) is 16.2 Å². The lowest BCUT2D eigenvalue weighted by molar-refractivity contribution is 1.16. The van der Waals surface area contributed by atoms with Crippen LogP contribution >= 0.6 is 0 Å². The lowest BCUT2D eigenvalue weighted by Crippen LogP contribution is -2.01. The van der Waals surface area contributed by atoms with E-state index in [1.807, 2.05) is 12.1 Å². The van der Waals surface area contributed by atoms with Crippen LogP contribution in [0.5, 0.6) is 0 Å². The van der Waals surface area contributed by atoms with E-state index in [9.17, 15) is 10.5 Å². The van der Waals surface area contributed by atoms with E-state index in [0.29, 0.717) is 16.8 Å². The van der Waals surface area contributed by atoms with Crippen LogP contribution in [0.15, 0.2) is 91.0 Å². The Morgan fingerprint density at radius 3 is 1.91 bits per heavy atom. The van der Waals surface area contributed by atoms with Gasteiger partial charge in [-0.15, -0.1) is 0 Å². The minimum absolute atomic E-state index is 0.489. The molecule has 0 amide bonds. The van der Waals surface area contributed by atoms with E-state index in [0.717, 1.165) is 27.2 Å². The van der Waals surface area contributed by atoms with Gasteiger partial charge in [0.15, 0.2) is 0 Å². The van der Waals surface area contributed by atoms with Gasteiger partial charge < -0.3 is 4.57 Å². The van der Waals surface area contributed by atoms with Gasteiger partial charge in [-0.25, -0.2) is 0 Å². The molecular weight excluding hydrogens is 402 g/mol. The highest BCUT2D eigenvalue weighted by atomic mass is 15.0. The van der Waals surface area contributed by atoms with Gasteiger partial charge in [0.05, 0.1) is 27.8 Å². The molecule has 0 fully saturated rings. The first kappa shape index (κ1) is 17.8. The standard InChI is InChI=1S/C30H15N3/c31-16-18-7-5-8-19(17-32)29(18)33-27-14-4-3-11-22(27)26-15-25-21-10-2-1-9-20(21)23-12-6-13-24(28(23)25)30(26)33/h1-15H. The molecule has 1 aliphatic carbocycles. The number of nitriles is 2. The van der Waals surface area contributed by atoms with E-state index < -0.39 is 0 Å². The fourth-order valence-electron chi connectivity index (χ4n) is 5.52. The van der Waals surface area contributed by atoms with Gasteiger partial charge in [0.25, 0.3) is 0 Å². The van der Waals surface area contributed by atoms with E-state index in [1.54, 1.807) is 18.2 Å². The molecule has 7 rings (SSSR count). The van der Waals surface area contributed by atoms with Crippen LogP contribution in [0.1, 0.15) is 11.1 Å². The van der Waals surface area contributed by atoms with Gasteiger partial charge in [-0.1, -0.05) is 66.7 Å². The van der Waals surface area contributed by atoms with Crippen LogP contribution < -0.4 is 0 Å². The van der Waals surface area contributed by atoms with Crippen LogP contribution in [0, 0.1) is 22.7 Å². The van der Waals surface area contributed by atoms with Crippen LogP contribution in [0.25, 0.3) is 60.5 Å². The second kappa shape index (κ2) is 6.33. The maximum absolute atomic E-state index is 9.94. The molecule has 0 saturated heterocycles. The molecule has 0 saturated carbocycles. The Morgan fingerprint density at radius 2 is 1.15 bits per heavy atom. The molecule has 0 unspecified atom stereocenters. The number of aromatic nitrogens is 1. The summed E-state index contributed by atoms with van der Waals surface area (Å²) in [4.78, 5) is 0. The third-order valence-corrected chi connectivity index (χ3v) is 6.80. The third kappa shape index (κ3) is 2.16. The van der Waals surface area contributed by atoms with Crippen molar-refractivity contribution in [2.45, 2.75) is 0 Å². The lowest BCUT2D eigenvalue weighted by Gasteiger charge is -2.13. The van der Waals surface area contributed by atoms with E-state index in [-0.39, 0.29) is 0 Å². The average molecular weight is 417 g/mol. The van der Waals surface area contributed by atoms with Crippen LogP contribution in [0.2, 0.25) is 0 Å². The summed E-state index contributed by atoms with van der Waals surface area (Å²) in [5, 5.41) is 24.5. The van der Waals surface area contributed by atoms with E-state index in [1.165, 1.54) is 27.6 Å². The van der Waals surface area contributed by atoms with Crippen LogP contribution in [0.4, 0.5) is 0 Å². The summed E-state index contributed by atoms with van der Waals surface area (Å²) in [6.45, 7) is 0. The van der Waals surface area contributed by atoms with Gasteiger partial charge in [0.1, 0.15) is 12.1 Å². The van der Waals surface area contributed by atoms with Crippen molar-refractivity contribution < 1.29 is 0 Å². The second-order valence-electron chi connectivity index (χ2n) is 8.37. The van der Waals surface area contributed by atoms with Crippen LogP contribution in [-0.2, 0) is 0 Å².